The fraction of sp³-hybridized carbons (Fsp3) is 1.00. The highest BCUT2D eigenvalue weighted by Crippen LogP contribution is 2.00. The first-order valence-electron chi connectivity index (χ1n) is 1.94. The molecule has 6 heavy (non-hydrogen) atoms. The van der Waals surface area contributed by atoms with Crippen molar-refractivity contribution >= 4 is 0 Å². The summed E-state index contributed by atoms with van der Waals surface area (Å²) in [6.45, 7) is 3.11. The van der Waals surface area contributed by atoms with E-state index < -0.39 is 6.36 Å². The average molecular weight is 91.1 g/mol. The van der Waals surface area contributed by atoms with Gasteiger partial charge >= 0.3 is 0 Å². The van der Waals surface area contributed by atoms with E-state index in [0.717, 1.165) is 0 Å². The SMILES string of the molecule is CC(C)C([O])F. The van der Waals surface area contributed by atoms with Gasteiger partial charge in [0.25, 0.3) is 0 Å². The molecule has 0 saturated heterocycles. The lowest BCUT2D eigenvalue weighted by Crippen LogP contribution is -2.03. The predicted molar refractivity (Wildman–Crippen MR) is 20.4 cm³/mol. The molecule has 0 fully saturated rings. The van der Waals surface area contributed by atoms with Gasteiger partial charge in [0.05, 0.1) is 0 Å². The van der Waals surface area contributed by atoms with Crippen LogP contribution >= 0.6 is 0 Å². The molecule has 0 aliphatic rings. The highest BCUT2D eigenvalue weighted by Gasteiger charge is 2.05. The third kappa shape index (κ3) is 2.15. The second-order valence-electron chi connectivity index (χ2n) is 1.60. The Bertz CT molecular complexity index is 28.5. The molecule has 0 bridgehead atoms. The average Bonchev–Trinajstić information content (AvgIpc) is 1.36. The minimum Gasteiger partial charge on any atom is -0.213 e. The van der Waals surface area contributed by atoms with E-state index in [2.05, 4.69) is 0 Å². The maximum absolute atomic E-state index is 11.3. The lowest BCUT2D eigenvalue weighted by atomic mass is 10.2. The normalized spacial score (nSPS) is 15.5. The zero-order chi connectivity index (χ0) is 5.15. The molecule has 1 unspecified atom stereocenters. The quantitative estimate of drug-likeness (QED) is 0.464. The Labute approximate surface area is 36.8 Å². The molecule has 0 spiro atoms. The molecule has 2 heteroatoms. The van der Waals surface area contributed by atoms with Crippen LogP contribution in [0.3, 0.4) is 0 Å². The van der Waals surface area contributed by atoms with Gasteiger partial charge in [-0.05, 0) is 0 Å². The van der Waals surface area contributed by atoms with Gasteiger partial charge in [-0.1, -0.05) is 13.8 Å². The van der Waals surface area contributed by atoms with Crippen LogP contribution in [0.4, 0.5) is 4.39 Å². The lowest BCUT2D eigenvalue weighted by molar-refractivity contribution is -0.0562. The fourth-order valence-corrected chi connectivity index (χ4v) is 0. The Balaban J connectivity index is 2.99. The molecule has 0 heterocycles. The molecule has 0 aliphatic heterocycles. The van der Waals surface area contributed by atoms with Crippen molar-refractivity contribution in [3.63, 3.8) is 0 Å². The van der Waals surface area contributed by atoms with Crippen LogP contribution in [0.5, 0.6) is 0 Å². The maximum Gasteiger partial charge on any atom is 0.233 e. The first-order valence-corrected chi connectivity index (χ1v) is 1.94. The summed E-state index contributed by atoms with van der Waals surface area (Å²) >= 11 is 0. The number of hydrogen-bond acceptors (Lipinski definition) is 0. The van der Waals surface area contributed by atoms with E-state index in [-0.39, 0.29) is 5.92 Å². The molecule has 0 rings (SSSR count). The third-order valence-corrected chi connectivity index (χ3v) is 0.524. The topological polar surface area (TPSA) is 19.9 Å². The summed E-state index contributed by atoms with van der Waals surface area (Å²) < 4.78 is 11.3. The Morgan fingerprint density at radius 1 is 1.50 bits per heavy atom. The zero-order valence-electron chi connectivity index (χ0n) is 3.94. The standard InChI is InChI=1S/C4H8FO/c1-3(2)4(5)6/h3-4H,1-2H3. The number of halogens is 1. The molecule has 0 N–H and O–H groups in total. The van der Waals surface area contributed by atoms with Gasteiger partial charge in [0.2, 0.25) is 6.36 Å². The second-order valence-corrected chi connectivity index (χ2v) is 1.60. The molecule has 1 atom stereocenters. The van der Waals surface area contributed by atoms with E-state index in [1.165, 1.54) is 0 Å². The second kappa shape index (κ2) is 2.13. The van der Waals surface area contributed by atoms with Gasteiger partial charge in [-0.25, -0.2) is 4.39 Å². The molecule has 0 saturated carbocycles. The van der Waals surface area contributed by atoms with Crippen LogP contribution in [-0.2, 0) is 5.11 Å². The molecular weight excluding hydrogens is 83.0 g/mol. The largest absolute Gasteiger partial charge is 0.233 e. The van der Waals surface area contributed by atoms with Crippen LogP contribution < -0.4 is 0 Å². The van der Waals surface area contributed by atoms with Crippen molar-refractivity contribution in [2.24, 2.45) is 5.92 Å². The molecule has 1 nitrogen and oxygen atoms in total. The molecular formula is C4H8FO. The van der Waals surface area contributed by atoms with E-state index in [1.54, 1.807) is 13.8 Å². The van der Waals surface area contributed by atoms with Crippen LogP contribution in [0, 0.1) is 5.92 Å². The smallest absolute Gasteiger partial charge is 0.213 e. The molecule has 0 aliphatic carbocycles. The molecule has 1 radical (unpaired) electrons. The van der Waals surface area contributed by atoms with E-state index >= 15 is 0 Å². The molecule has 0 aromatic carbocycles. The zero-order valence-corrected chi connectivity index (χ0v) is 3.94. The number of alkyl halides is 1. The van der Waals surface area contributed by atoms with Gasteiger partial charge < -0.3 is 0 Å². The van der Waals surface area contributed by atoms with Gasteiger partial charge in [-0.2, -0.15) is 5.11 Å². The minimum atomic E-state index is -1.90. The van der Waals surface area contributed by atoms with Crippen LogP contribution in [0.15, 0.2) is 0 Å². The Kier molecular flexibility index (Phi) is 2.09. The van der Waals surface area contributed by atoms with Crippen LogP contribution in [0.25, 0.3) is 0 Å². The summed E-state index contributed by atoms with van der Waals surface area (Å²) in [6, 6.07) is 0. The summed E-state index contributed by atoms with van der Waals surface area (Å²) in [5, 5.41) is 9.56. The van der Waals surface area contributed by atoms with E-state index in [1.807, 2.05) is 0 Å². The minimum absolute atomic E-state index is 0.370. The highest BCUT2D eigenvalue weighted by atomic mass is 19.1. The van der Waals surface area contributed by atoms with Crippen LogP contribution in [0.1, 0.15) is 13.8 Å². The Hall–Kier alpha value is -0.110. The summed E-state index contributed by atoms with van der Waals surface area (Å²) in [5.41, 5.74) is 0. The Morgan fingerprint density at radius 3 is 1.67 bits per heavy atom. The highest BCUT2D eigenvalue weighted by molar-refractivity contribution is 4.40. The summed E-state index contributed by atoms with van der Waals surface area (Å²) in [5.74, 6) is -0.370. The Morgan fingerprint density at radius 2 is 1.67 bits per heavy atom. The van der Waals surface area contributed by atoms with Crippen molar-refractivity contribution in [1.82, 2.24) is 0 Å². The van der Waals surface area contributed by atoms with Gasteiger partial charge in [0, 0.05) is 5.92 Å². The summed E-state index contributed by atoms with van der Waals surface area (Å²) in [4.78, 5) is 0. The summed E-state index contributed by atoms with van der Waals surface area (Å²) in [7, 11) is 0. The molecule has 0 aromatic rings. The van der Waals surface area contributed by atoms with Crippen molar-refractivity contribution in [3.8, 4) is 0 Å². The molecule has 0 aromatic heterocycles. The fourth-order valence-electron chi connectivity index (χ4n) is 0. The third-order valence-electron chi connectivity index (χ3n) is 0.524. The number of rotatable bonds is 1. The van der Waals surface area contributed by atoms with Gasteiger partial charge in [0.15, 0.2) is 0 Å². The molecule has 37 valence electrons. The van der Waals surface area contributed by atoms with Crippen molar-refractivity contribution in [2.45, 2.75) is 20.2 Å². The van der Waals surface area contributed by atoms with Gasteiger partial charge in [0.1, 0.15) is 0 Å². The maximum atomic E-state index is 11.3. The van der Waals surface area contributed by atoms with Crippen LogP contribution in [0.2, 0.25) is 0 Å². The van der Waals surface area contributed by atoms with Gasteiger partial charge in [-0.3, -0.25) is 0 Å². The van der Waals surface area contributed by atoms with Crippen molar-refractivity contribution in [2.75, 3.05) is 0 Å². The lowest BCUT2D eigenvalue weighted by Gasteiger charge is -1.97. The monoisotopic (exact) mass is 91.1 g/mol. The molecule has 0 amide bonds. The summed E-state index contributed by atoms with van der Waals surface area (Å²) in [6.07, 6.45) is -1.90. The first kappa shape index (κ1) is 5.89. The van der Waals surface area contributed by atoms with Crippen molar-refractivity contribution in [1.29, 1.82) is 0 Å². The van der Waals surface area contributed by atoms with Gasteiger partial charge in [-0.15, -0.1) is 0 Å². The van der Waals surface area contributed by atoms with E-state index in [9.17, 15) is 9.50 Å². The predicted octanol–water partition coefficient (Wildman–Crippen LogP) is 1.37. The number of hydrogen-bond donors (Lipinski definition) is 0. The van der Waals surface area contributed by atoms with Crippen LogP contribution in [-0.4, -0.2) is 6.36 Å². The van der Waals surface area contributed by atoms with E-state index in [0.29, 0.717) is 0 Å². The van der Waals surface area contributed by atoms with Crippen molar-refractivity contribution in [3.05, 3.63) is 0 Å². The first-order chi connectivity index (χ1) is 2.64. The van der Waals surface area contributed by atoms with E-state index in [4.69, 9.17) is 0 Å². The van der Waals surface area contributed by atoms with Crippen molar-refractivity contribution < 1.29 is 9.50 Å².